The van der Waals surface area contributed by atoms with Crippen LogP contribution >= 0.6 is 11.8 Å². The highest BCUT2D eigenvalue weighted by Crippen LogP contribution is 2.20. The van der Waals surface area contributed by atoms with E-state index >= 15 is 0 Å². The van der Waals surface area contributed by atoms with Gasteiger partial charge in [0, 0.05) is 38.2 Å². The minimum atomic E-state index is 0.777. The van der Waals surface area contributed by atoms with Crippen LogP contribution in [0.4, 0.5) is 0 Å². The van der Waals surface area contributed by atoms with Gasteiger partial charge in [0.15, 0.2) is 0 Å². The Balaban J connectivity index is 2.28. The molecular weight excluding hydrogens is 244 g/mol. The van der Waals surface area contributed by atoms with Crippen molar-refractivity contribution in [2.45, 2.75) is 11.4 Å². The van der Waals surface area contributed by atoms with E-state index in [9.17, 15) is 0 Å². The van der Waals surface area contributed by atoms with Crippen LogP contribution in [-0.4, -0.2) is 51.6 Å². The highest BCUT2D eigenvalue weighted by molar-refractivity contribution is 7.98. The van der Waals surface area contributed by atoms with E-state index in [2.05, 4.69) is 47.8 Å². The number of methoxy groups -OCH3 is 1. The molecule has 0 atom stereocenters. The van der Waals surface area contributed by atoms with E-state index in [4.69, 9.17) is 4.74 Å². The molecule has 0 unspecified atom stereocenters. The lowest BCUT2D eigenvalue weighted by Crippen LogP contribution is -2.30. The van der Waals surface area contributed by atoms with Gasteiger partial charge in [-0.2, -0.15) is 0 Å². The summed E-state index contributed by atoms with van der Waals surface area (Å²) in [6, 6.07) is 8.60. The number of benzene rings is 1. The molecule has 1 aromatic rings. The monoisotopic (exact) mass is 268 g/mol. The first-order valence-electron chi connectivity index (χ1n) is 6.28. The van der Waals surface area contributed by atoms with Crippen LogP contribution in [0.5, 0.6) is 0 Å². The summed E-state index contributed by atoms with van der Waals surface area (Å²) in [6.07, 6.45) is 2.13. The number of nitrogens with one attached hydrogen (secondary N) is 1. The lowest BCUT2D eigenvalue weighted by atomic mass is 10.2. The molecule has 0 aliphatic carbocycles. The van der Waals surface area contributed by atoms with Crippen LogP contribution in [0.15, 0.2) is 29.2 Å². The van der Waals surface area contributed by atoms with Gasteiger partial charge in [-0.25, -0.2) is 0 Å². The summed E-state index contributed by atoms with van der Waals surface area (Å²) in [7, 11) is 3.89. The fourth-order valence-corrected chi connectivity index (χ4v) is 2.38. The summed E-state index contributed by atoms with van der Waals surface area (Å²) >= 11 is 1.81. The van der Waals surface area contributed by atoms with E-state index in [1.165, 1.54) is 10.5 Å². The van der Waals surface area contributed by atoms with Gasteiger partial charge in [0.2, 0.25) is 0 Å². The molecule has 0 saturated heterocycles. The number of hydrogen-bond acceptors (Lipinski definition) is 4. The number of ether oxygens (including phenoxy) is 1. The summed E-state index contributed by atoms with van der Waals surface area (Å²) in [5.74, 6) is 0. The predicted molar refractivity (Wildman–Crippen MR) is 79.3 cm³/mol. The third-order valence-electron chi connectivity index (χ3n) is 2.79. The van der Waals surface area contributed by atoms with Gasteiger partial charge in [-0.1, -0.05) is 18.2 Å². The van der Waals surface area contributed by atoms with Gasteiger partial charge in [0.25, 0.3) is 0 Å². The molecule has 0 radical (unpaired) electrons. The summed E-state index contributed by atoms with van der Waals surface area (Å²) in [4.78, 5) is 3.71. The minimum absolute atomic E-state index is 0.777. The molecule has 4 heteroatoms. The average Bonchev–Trinajstić information content (AvgIpc) is 2.39. The van der Waals surface area contributed by atoms with Gasteiger partial charge in [-0.15, -0.1) is 11.8 Å². The van der Waals surface area contributed by atoms with Gasteiger partial charge in [0.1, 0.15) is 0 Å². The van der Waals surface area contributed by atoms with Crippen LogP contribution in [0.2, 0.25) is 0 Å². The Bertz CT molecular complexity index is 333. The van der Waals surface area contributed by atoms with Crippen molar-refractivity contribution in [3.05, 3.63) is 29.8 Å². The van der Waals surface area contributed by atoms with Gasteiger partial charge >= 0.3 is 0 Å². The van der Waals surface area contributed by atoms with E-state index in [1.807, 2.05) is 11.8 Å². The fourth-order valence-electron chi connectivity index (χ4n) is 1.77. The molecule has 18 heavy (non-hydrogen) atoms. The van der Waals surface area contributed by atoms with E-state index in [-0.39, 0.29) is 0 Å². The number of nitrogens with zero attached hydrogens (tertiary/aromatic N) is 1. The van der Waals surface area contributed by atoms with Gasteiger partial charge < -0.3 is 15.0 Å². The summed E-state index contributed by atoms with van der Waals surface area (Å²) in [5.41, 5.74) is 1.41. The lowest BCUT2D eigenvalue weighted by molar-refractivity contribution is 0.197. The largest absolute Gasteiger partial charge is 0.383 e. The van der Waals surface area contributed by atoms with Crippen molar-refractivity contribution in [3.63, 3.8) is 0 Å². The Labute approximate surface area is 115 Å². The molecule has 0 spiro atoms. The number of hydrogen-bond donors (Lipinski definition) is 1. The topological polar surface area (TPSA) is 24.5 Å². The van der Waals surface area contributed by atoms with E-state index < -0.39 is 0 Å². The Hall–Kier alpha value is -0.550. The minimum Gasteiger partial charge on any atom is -0.383 e. The van der Waals surface area contributed by atoms with Crippen LogP contribution < -0.4 is 5.32 Å². The lowest BCUT2D eigenvalue weighted by Gasteiger charge is -2.18. The Kier molecular flexibility index (Phi) is 8.09. The molecule has 0 bridgehead atoms. The van der Waals surface area contributed by atoms with Crippen molar-refractivity contribution in [2.24, 2.45) is 0 Å². The molecule has 0 fully saturated rings. The highest BCUT2D eigenvalue weighted by atomic mass is 32.2. The molecule has 0 heterocycles. The smallest absolute Gasteiger partial charge is 0.0587 e. The van der Waals surface area contributed by atoms with Crippen LogP contribution in [0, 0.1) is 0 Å². The second kappa shape index (κ2) is 9.39. The van der Waals surface area contributed by atoms with Crippen molar-refractivity contribution in [1.82, 2.24) is 10.2 Å². The summed E-state index contributed by atoms with van der Waals surface area (Å²) in [6.45, 7) is 4.75. The molecule has 1 rings (SSSR count). The molecule has 1 N–H and O–H groups in total. The van der Waals surface area contributed by atoms with Crippen LogP contribution in [0.3, 0.4) is 0 Å². The maximum atomic E-state index is 5.00. The Morgan fingerprint density at radius 1 is 1.28 bits per heavy atom. The maximum Gasteiger partial charge on any atom is 0.0587 e. The number of likely N-dealkylation sites (N-methyl/N-ethyl adjacent to an activating group) is 1. The number of thioether (sulfide) groups is 1. The molecular formula is C14H24N2OS. The molecule has 0 saturated carbocycles. The zero-order chi connectivity index (χ0) is 13.2. The first-order valence-corrected chi connectivity index (χ1v) is 7.50. The van der Waals surface area contributed by atoms with Crippen LogP contribution in [-0.2, 0) is 11.3 Å². The van der Waals surface area contributed by atoms with Gasteiger partial charge in [-0.05, 0) is 24.9 Å². The second-order valence-electron chi connectivity index (χ2n) is 4.29. The third kappa shape index (κ3) is 5.87. The molecule has 0 amide bonds. The molecule has 0 aromatic heterocycles. The van der Waals surface area contributed by atoms with E-state index in [0.29, 0.717) is 0 Å². The van der Waals surface area contributed by atoms with E-state index in [1.54, 1.807) is 7.11 Å². The zero-order valence-electron chi connectivity index (χ0n) is 11.6. The van der Waals surface area contributed by atoms with Crippen LogP contribution in [0.1, 0.15) is 5.56 Å². The van der Waals surface area contributed by atoms with Crippen molar-refractivity contribution in [2.75, 3.05) is 46.7 Å². The third-order valence-corrected chi connectivity index (χ3v) is 3.62. The Morgan fingerprint density at radius 2 is 2.06 bits per heavy atom. The predicted octanol–water partition coefficient (Wildman–Crippen LogP) is 2.08. The standard InChI is InChI=1S/C14H24N2OS/c1-16(10-8-15-9-11-17-2)12-13-6-4-5-7-14(13)18-3/h4-7,15H,8-12H2,1-3H3. The van der Waals surface area contributed by atoms with Crippen molar-refractivity contribution in [1.29, 1.82) is 0 Å². The van der Waals surface area contributed by atoms with Crippen molar-refractivity contribution in [3.8, 4) is 0 Å². The second-order valence-corrected chi connectivity index (χ2v) is 5.14. The van der Waals surface area contributed by atoms with Crippen LogP contribution in [0.25, 0.3) is 0 Å². The molecule has 0 aliphatic rings. The molecule has 102 valence electrons. The summed E-state index contributed by atoms with van der Waals surface area (Å²) in [5, 5.41) is 3.36. The molecule has 1 aromatic carbocycles. The fraction of sp³-hybridized carbons (Fsp3) is 0.571. The number of rotatable bonds is 9. The first-order chi connectivity index (χ1) is 8.77. The van der Waals surface area contributed by atoms with Gasteiger partial charge in [-0.3, -0.25) is 0 Å². The van der Waals surface area contributed by atoms with E-state index in [0.717, 1.165) is 32.8 Å². The Morgan fingerprint density at radius 3 is 2.78 bits per heavy atom. The van der Waals surface area contributed by atoms with Crippen molar-refractivity contribution < 1.29 is 4.74 Å². The maximum absolute atomic E-state index is 5.00. The summed E-state index contributed by atoms with van der Waals surface area (Å²) < 4.78 is 5.00. The average molecular weight is 268 g/mol. The normalized spacial score (nSPS) is 11.1. The molecule has 3 nitrogen and oxygen atoms in total. The molecule has 0 aliphatic heterocycles. The first kappa shape index (κ1) is 15.5. The van der Waals surface area contributed by atoms with Crippen molar-refractivity contribution >= 4 is 11.8 Å². The highest BCUT2D eigenvalue weighted by Gasteiger charge is 2.04. The zero-order valence-corrected chi connectivity index (χ0v) is 12.4. The quantitative estimate of drug-likeness (QED) is 0.547. The van der Waals surface area contributed by atoms with Gasteiger partial charge in [0.05, 0.1) is 6.61 Å². The SMILES string of the molecule is COCCNCCN(C)Cc1ccccc1SC.